The van der Waals surface area contributed by atoms with Crippen molar-refractivity contribution in [3.8, 4) is 0 Å². The van der Waals surface area contributed by atoms with Gasteiger partial charge in [-0.05, 0) is 11.4 Å². The molecule has 76 valence electrons. The van der Waals surface area contributed by atoms with E-state index in [1.54, 1.807) is 12.1 Å². The number of ether oxygens (including phenoxy) is 1. The standard InChI is InChI=1S/C9H10O4S/c1-13-9(12)7(8(10)11)5-6-3-2-4-14-6/h2-4,7H,5H2,1H3,(H,10,11)/p-1. The molecule has 1 unspecified atom stereocenters. The molecule has 1 aromatic heterocycles. The maximum absolute atomic E-state index is 11.0. The number of aliphatic carboxylic acids is 1. The summed E-state index contributed by atoms with van der Waals surface area (Å²) in [5.41, 5.74) is 0. The molecule has 0 spiro atoms. The number of carbonyl (C=O) groups excluding carboxylic acids is 2. The van der Waals surface area contributed by atoms with Crippen molar-refractivity contribution >= 4 is 23.3 Å². The van der Waals surface area contributed by atoms with Gasteiger partial charge >= 0.3 is 5.97 Å². The van der Waals surface area contributed by atoms with Crippen LogP contribution in [0.5, 0.6) is 0 Å². The van der Waals surface area contributed by atoms with E-state index < -0.39 is 17.9 Å². The van der Waals surface area contributed by atoms with E-state index in [0.717, 1.165) is 12.0 Å². The highest BCUT2D eigenvalue weighted by Crippen LogP contribution is 2.15. The number of methoxy groups -OCH3 is 1. The number of hydrogen-bond donors (Lipinski definition) is 0. The van der Waals surface area contributed by atoms with Crippen LogP contribution in [-0.4, -0.2) is 19.0 Å². The van der Waals surface area contributed by atoms with Crippen molar-refractivity contribution in [2.24, 2.45) is 5.92 Å². The van der Waals surface area contributed by atoms with Gasteiger partial charge in [0.2, 0.25) is 0 Å². The molecule has 0 bridgehead atoms. The zero-order chi connectivity index (χ0) is 10.6. The summed E-state index contributed by atoms with van der Waals surface area (Å²) in [6.07, 6.45) is 0.132. The molecule has 14 heavy (non-hydrogen) atoms. The molecule has 0 radical (unpaired) electrons. The van der Waals surface area contributed by atoms with Crippen molar-refractivity contribution in [1.29, 1.82) is 0 Å². The molecule has 0 saturated carbocycles. The third kappa shape index (κ3) is 2.56. The molecular formula is C9H9O4S-. The van der Waals surface area contributed by atoms with E-state index in [9.17, 15) is 14.7 Å². The number of carboxylic acids is 1. The summed E-state index contributed by atoms with van der Waals surface area (Å²) in [6.45, 7) is 0. The second kappa shape index (κ2) is 4.76. The Kier molecular flexibility index (Phi) is 3.64. The van der Waals surface area contributed by atoms with Crippen LogP contribution in [0.2, 0.25) is 0 Å². The van der Waals surface area contributed by atoms with Crippen LogP contribution in [0.4, 0.5) is 0 Å². The molecule has 1 heterocycles. The third-order valence-electron chi connectivity index (χ3n) is 1.76. The Hall–Kier alpha value is -1.36. The van der Waals surface area contributed by atoms with Gasteiger partial charge in [0.1, 0.15) is 5.92 Å². The van der Waals surface area contributed by atoms with Gasteiger partial charge in [0.05, 0.1) is 13.1 Å². The topological polar surface area (TPSA) is 66.4 Å². The Morgan fingerprint density at radius 1 is 1.64 bits per heavy atom. The van der Waals surface area contributed by atoms with Gasteiger partial charge in [-0.2, -0.15) is 0 Å². The molecule has 4 nitrogen and oxygen atoms in total. The predicted octanol–water partition coefficient (Wildman–Crippen LogP) is -0.170. The summed E-state index contributed by atoms with van der Waals surface area (Å²) in [5.74, 6) is -3.37. The minimum atomic E-state index is -1.40. The zero-order valence-electron chi connectivity index (χ0n) is 7.56. The van der Waals surface area contributed by atoms with E-state index in [-0.39, 0.29) is 6.42 Å². The second-order valence-corrected chi connectivity index (χ2v) is 3.71. The van der Waals surface area contributed by atoms with Crippen molar-refractivity contribution in [3.05, 3.63) is 22.4 Å². The smallest absolute Gasteiger partial charge is 0.314 e. The SMILES string of the molecule is COC(=O)C(Cc1cccs1)C(=O)[O-]. The highest BCUT2D eigenvalue weighted by Gasteiger charge is 2.21. The molecule has 1 rings (SSSR count). The maximum atomic E-state index is 11.0. The summed E-state index contributed by atoms with van der Waals surface area (Å²) < 4.78 is 4.37. The van der Waals surface area contributed by atoms with E-state index in [1.165, 1.54) is 11.3 Å². The number of thiophene rings is 1. The Labute approximate surface area is 85.1 Å². The summed E-state index contributed by atoms with van der Waals surface area (Å²) in [6, 6.07) is 3.56. The average Bonchev–Trinajstić information content (AvgIpc) is 2.65. The number of hydrogen-bond acceptors (Lipinski definition) is 5. The molecule has 0 N–H and O–H groups in total. The second-order valence-electron chi connectivity index (χ2n) is 2.68. The summed E-state index contributed by atoms with van der Waals surface area (Å²) in [7, 11) is 1.16. The molecule has 5 heteroatoms. The molecule has 0 saturated heterocycles. The molecule has 0 fully saturated rings. The Bertz CT molecular complexity index is 318. The van der Waals surface area contributed by atoms with Gasteiger partial charge in [0.15, 0.2) is 0 Å². The highest BCUT2D eigenvalue weighted by molar-refractivity contribution is 7.09. The third-order valence-corrected chi connectivity index (χ3v) is 2.65. The number of rotatable bonds is 4. The first-order chi connectivity index (χ1) is 6.65. The number of carboxylic acid groups (broad SMARTS) is 1. The molecule has 0 aromatic carbocycles. The van der Waals surface area contributed by atoms with Gasteiger partial charge in [-0.1, -0.05) is 6.07 Å². The molecule has 0 aliphatic heterocycles. The quantitative estimate of drug-likeness (QED) is 0.514. The summed E-state index contributed by atoms with van der Waals surface area (Å²) in [4.78, 5) is 22.5. The summed E-state index contributed by atoms with van der Waals surface area (Å²) >= 11 is 1.40. The van der Waals surface area contributed by atoms with Crippen molar-refractivity contribution < 1.29 is 19.4 Å². The van der Waals surface area contributed by atoms with Crippen molar-refractivity contribution in [3.63, 3.8) is 0 Å². The Morgan fingerprint density at radius 3 is 2.79 bits per heavy atom. The van der Waals surface area contributed by atoms with E-state index in [1.807, 2.05) is 5.38 Å². The lowest BCUT2D eigenvalue weighted by atomic mass is 10.1. The monoisotopic (exact) mass is 213 g/mol. The molecule has 0 aliphatic carbocycles. The normalized spacial score (nSPS) is 12.1. The van der Waals surface area contributed by atoms with E-state index >= 15 is 0 Å². The fraction of sp³-hybridized carbons (Fsp3) is 0.333. The predicted molar refractivity (Wildman–Crippen MR) is 48.5 cm³/mol. The molecule has 0 aliphatic rings. The first-order valence-electron chi connectivity index (χ1n) is 3.96. The number of carbonyl (C=O) groups is 2. The van der Waals surface area contributed by atoms with Crippen molar-refractivity contribution in [2.75, 3.05) is 7.11 Å². The van der Waals surface area contributed by atoms with Crippen LogP contribution >= 0.6 is 11.3 Å². The van der Waals surface area contributed by atoms with Gasteiger partial charge in [-0.25, -0.2) is 0 Å². The van der Waals surface area contributed by atoms with Crippen molar-refractivity contribution in [1.82, 2.24) is 0 Å². The van der Waals surface area contributed by atoms with Gasteiger partial charge < -0.3 is 14.6 Å². The first-order valence-corrected chi connectivity index (χ1v) is 4.84. The van der Waals surface area contributed by atoms with Crippen LogP contribution in [0.3, 0.4) is 0 Å². The van der Waals surface area contributed by atoms with Gasteiger partial charge in [0.25, 0.3) is 0 Å². The lowest BCUT2D eigenvalue weighted by Crippen LogP contribution is -2.38. The minimum absolute atomic E-state index is 0.132. The Morgan fingerprint density at radius 2 is 2.36 bits per heavy atom. The average molecular weight is 213 g/mol. The maximum Gasteiger partial charge on any atom is 0.314 e. The highest BCUT2D eigenvalue weighted by atomic mass is 32.1. The number of esters is 1. The van der Waals surface area contributed by atoms with E-state index in [2.05, 4.69) is 4.74 Å². The Balaban J connectivity index is 2.70. The van der Waals surface area contributed by atoms with Crippen LogP contribution in [-0.2, 0) is 20.7 Å². The van der Waals surface area contributed by atoms with Crippen LogP contribution < -0.4 is 5.11 Å². The van der Waals surface area contributed by atoms with Crippen LogP contribution in [0.1, 0.15) is 4.88 Å². The molecule has 1 atom stereocenters. The minimum Gasteiger partial charge on any atom is -0.549 e. The first kappa shape index (κ1) is 10.7. The van der Waals surface area contributed by atoms with Gasteiger partial charge in [-0.15, -0.1) is 11.3 Å². The fourth-order valence-electron chi connectivity index (χ4n) is 1.04. The molecule has 0 amide bonds. The van der Waals surface area contributed by atoms with Crippen LogP contribution in [0.25, 0.3) is 0 Å². The fourth-order valence-corrected chi connectivity index (χ4v) is 1.79. The van der Waals surface area contributed by atoms with Crippen LogP contribution in [0.15, 0.2) is 17.5 Å². The van der Waals surface area contributed by atoms with E-state index in [4.69, 9.17) is 0 Å². The lowest BCUT2D eigenvalue weighted by molar-refractivity contribution is -0.310. The van der Waals surface area contributed by atoms with Gasteiger partial charge in [-0.3, -0.25) is 4.79 Å². The molecular weight excluding hydrogens is 204 g/mol. The molecule has 1 aromatic rings. The van der Waals surface area contributed by atoms with Gasteiger partial charge in [0, 0.05) is 11.3 Å². The summed E-state index contributed by atoms with van der Waals surface area (Å²) in [5, 5.41) is 12.4. The van der Waals surface area contributed by atoms with E-state index in [0.29, 0.717) is 0 Å². The largest absolute Gasteiger partial charge is 0.549 e. The zero-order valence-corrected chi connectivity index (χ0v) is 8.37. The van der Waals surface area contributed by atoms with Crippen LogP contribution in [0, 0.1) is 5.92 Å². The lowest BCUT2D eigenvalue weighted by Gasteiger charge is -2.13. The van der Waals surface area contributed by atoms with Crippen molar-refractivity contribution in [2.45, 2.75) is 6.42 Å².